The summed E-state index contributed by atoms with van der Waals surface area (Å²) in [5.41, 5.74) is 3.36. The van der Waals surface area contributed by atoms with Gasteiger partial charge in [0.15, 0.2) is 0 Å². The van der Waals surface area contributed by atoms with Crippen molar-refractivity contribution in [2.75, 3.05) is 13.7 Å². The number of hydrogen-bond donors (Lipinski definition) is 1. The van der Waals surface area contributed by atoms with Crippen LogP contribution >= 0.6 is 0 Å². The molecular weight excluding hydrogens is 218 g/mol. The van der Waals surface area contributed by atoms with Gasteiger partial charge >= 0.3 is 5.97 Å². The standard InChI is InChI=1S/C12H21NO2Si/c1-15-12(14)10-5-6-11(13-9-10)7-8-16(2,3)4/h10-11,13H,5-6,9H2,1-4H3. The molecule has 90 valence electrons. The molecule has 1 heterocycles. The maximum Gasteiger partial charge on any atom is 0.309 e. The first-order valence-electron chi connectivity index (χ1n) is 5.76. The van der Waals surface area contributed by atoms with Gasteiger partial charge in [-0.2, -0.15) is 0 Å². The first-order valence-corrected chi connectivity index (χ1v) is 9.26. The molecule has 2 unspecified atom stereocenters. The van der Waals surface area contributed by atoms with Gasteiger partial charge in [0, 0.05) is 6.54 Å². The molecule has 1 saturated heterocycles. The molecule has 1 N–H and O–H groups in total. The van der Waals surface area contributed by atoms with Gasteiger partial charge in [-0.1, -0.05) is 25.6 Å². The first kappa shape index (κ1) is 13.3. The molecule has 16 heavy (non-hydrogen) atoms. The molecule has 1 aliphatic heterocycles. The van der Waals surface area contributed by atoms with Crippen molar-refractivity contribution in [1.82, 2.24) is 5.32 Å². The van der Waals surface area contributed by atoms with E-state index in [9.17, 15) is 4.79 Å². The minimum atomic E-state index is -1.28. The monoisotopic (exact) mass is 239 g/mol. The van der Waals surface area contributed by atoms with Crippen LogP contribution in [0.2, 0.25) is 19.6 Å². The van der Waals surface area contributed by atoms with Crippen LogP contribution in [-0.4, -0.2) is 33.7 Å². The number of carbonyl (C=O) groups is 1. The third-order valence-electron chi connectivity index (χ3n) is 2.57. The fourth-order valence-electron chi connectivity index (χ4n) is 1.65. The summed E-state index contributed by atoms with van der Waals surface area (Å²) in [6.45, 7) is 7.40. The van der Waals surface area contributed by atoms with Gasteiger partial charge in [0.25, 0.3) is 0 Å². The quantitative estimate of drug-likeness (QED) is 0.427. The minimum Gasteiger partial charge on any atom is -0.469 e. The van der Waals surface area contributed by atoms with E-state index in [1.807, 2.05) is 0 Å². The van der Waals surface area contributed by atoms with E-state index in [1.165, 1.54) is 7.11 Å². The van der Waals surface area contributed by atoms with E-state index in [-0.39, 0.29) is 17.9 Å². The van der Waals surface area contributed by atoms with Crippen molar-refractivity contribution in [3.8, 4) is 11.5 Å². The zero-order valence-electron chi connectivity index (χ0n) is 10.6. The summed E-state index contributed by atoms with van der Waals surface area (Å²) >= 11 is 0. The lowest BCUT2D eigenvalue weighted by molar-refractivity contribution is -0.146. The summed E-state index contributed by atoms with van der Waals surface area (Å²) in [5.74, 6) is 3.19. The normalized spacial score (nSPS) is 25.5. The number of rotatable bonds is 1. The van der Waals surface area contributed by atoms with Crippen molar-refractivity contribution in [3.05, 3.63) is 0 Å². The van der Waals surface area contributed by atoms with E-state index in [0.29, 0.717) is 6.54 Å². The molecule has 1 fully saturated rings. The van der Waals surface area contributed by atoms with Crippen molar-refractivity contribution >= 4 is 14.0 Å². The maximum atomic E-state index is 11.3. The van der Waals surface area contributed by atoms with Gasteiger partial charge in [-0.05, 0) is 12.8 Å². The molecule has 0 aromatic rings. The fraction of sp³-hybridized carbons (Fsp3) is 0.750. The molecule has 0 amide bonds. The molecule has 3 nitrogen and oxygen atoms in total. The highest BCUT2D eigenvalue weighted by atomic mass is 28.3. The smallest absolute Gasteiger partial charge is 0.309 e. The number of nitrogens with one attached hydrogen (secondary N) is 1. The third-order valence-corrected chi connectivity index (χ3v) is 3.46. The van der Waals surface area contributed by atoms with Crippen molar-refractivity contribution in [2.24, 2.45) is 5.92 Å². The van der Waals surface area contributed by atoms with Crippen LogP contribution in [-0.2, 0) is 9.53 Å². The van der Waals surface area contributed by atoms with Crippen molar-refractivity contribution in [2.45, 2.75) is 38.5 Å². The maximum absolute atomic E-state index is 11.3. The van der Waals surface area contributed by atoms with Crippen LogP contribution in [0.4, 0.5) is 0 Å². The van der Waals surface area contributed by atoms with Gasteiger partial charge < -0.3 is 10.1 Å². The Morgan fingerprint density at radius 1 is 1.38 bits per heavy atom. The number of hydrogen-bond acceptors (Lipinski definition) is 3. The predicted octanol–water partition coefficient (Wildman–Crippen LogP) is 1.41. The van der Waals surface area contributed by atoms with Gasteiger partial charge in [-0.3, -0.25) is 4.79 Å². The van der Waals surface area contributed by atoms with Gasteiger partial charge in [-0.15, -0.1) is 5.54 Å². The average Bonchev–Trinajstić information content (AvgIpc) is 2.25. The van der Waals surface area contributed by atoms with Crippen LogP contribution in [0.15, 0.2) is 0 Å². The molecule has 0 spiro atoms. The highest BCUT2D eigenvalue weighted by Crippen LogP contribution is 2.15. The Balaban J connectivity index is 2.43. The van der Waals surface area contributed by atoms with E-state index in [1.54, 1.807) is 0 Å². The van der Waals surface area contributed by atoms with Crippen LogP contribution in [0.25, 0.3) is 0 Å². The zero-order valence-corrected chi connectivity index (χ0v) is 11.6. The third kappa shape index (κ3) is 4.38. The second kappa shape index (κ2) is 5.51. The lowest BCUT2D eigenvalue weighted by Gasteiger charge is -2.25. The number of ether oxygens (including phenoxy) is 1. The molecule has 0 aliphatic carbocycles. The molecule has 0 radical (unpaired) electrons. The van der Waals surface area contributed by atoms with E-state index in [2.05, 4.69) is 36.4 Å². The second-order valence-electron chi connectivity index (χ2n) is 5.28. The van der Waals surface area contributed by atoms with Crippen LogP contribution in [0.3, 0.4) is 0 Å². The Kier molecular flexibility index (Phi) is 4.57. The number of esters is 1. The Morgan fingerprint density at radius 2 is 2.06 bits per heavy atom. The highest BCUT2D eigenvalue weighted by Gasteiger charge is 2.25. The lowest BCUT2D eigenvalue weighted by atomic mass is 9.95. The number of carbonyl (C=O) groups excluding carboxylic acids is 1. The van der Waals surface area contributed by atoms with Crippen LogP contribution < -0.4 is 5.32 Å². The summed E-state index contributed by atoms with van der Waals surface area (Å²) in [5, 5.41) is 3.30. The Morgan fingerprint density at radius 3 is 2.50 bits per heavy atom. The molecular formula is C12H21NO2Si. The van der Waals surface area contributed by atoms with Gasteiger partial charge in [0.2, 0.25) is 0 Å². The molecule has 1 aliphatic rings. The molecule has 0 saturated carbocycles. The Labute approximate surface area is 99.0 Å². The zero-order chi connectivity index (χ0) is 12.2. The summed E-state index contributed by atoms with van der Waals surface area (Å²) < 4.78 is 4.73. The average molecular weight is 239 g/mol. The topological polar surface area (TPSA) is 38.3 Å². The molecule has 0 aromatic carbocycles. The van der Waals surface area contributed by atoms with Crippen molar-refractivity contribution in [1.29, 1.82) is 0 Å². The fourth-order valence-corrected chi connectivity index (χ4v) is 2.26. The molecule has 1 rings (SSSR count). The summed E-state index contributed by atoms with van der Waals surface area (Å²) in [6.07, 6.45) is 1.82. The highest BCUT2D eigenvalue weighted by molar-refractivity contribution is 6.83. The summed E-state index contributed by atoms with van der Waals surface area (Å²) in [7, 11) is 0.164. The van der Waals surface area contributed by atoms with Crippen LogP contribution in [0, 0.1) is 17.4 Å². The molecule has 2 atom stereocenters. The second-order valence-corrected chi connectivity index (χ2v) is 10.0. The molecule has 0 aromatic heterocycles. The van der Waals surface area contributed by atoms with Gasteiger partial charge in [0.05, 0.1) is 19.1 Å². The SMILES string of the molecule is COC(=O)C1CCC(C#C[Si](C)(C)C)NC1. The van der Waals surface area contributed by atoms with Gasteiger partial charge in [-0.25, -0.2) is 0 Å². The van der Waals surface area contributed by atoms with Crippen LogP contribution in [0.5, 0.6) is 0 Å². The predicted molar refractivity (Wildman–Crippen MR) is 67.7 cm³/mol. The van der Waals surface area contributed by atoms with Gasteiger partial charge in [0.1, 0.15) is 8.07 Å². The summed E-state index contributed by atoms with van der Waals surface area (Å²) in [6, 6.07) is 0.257. The largest absolute Gasteiger partial charge is 0.469 e. The Bertz CT molecular complexity index is 303. The number of piperidine rings is 1. The first-order chi connectivity index (χ1) is 7.42. The van der Waals surface area contributed by atoms with E-state index >= 15 is 0 Å². The van der Waals surface area contributed by atoms with Crippen molar-refractivity contribution < 1.29 is 9.53 Å². The lowest BCUT2D eigenvalue weighted by Crippen LogP contribution is -2.41. The minimum absolute atomic E-state index is 0.00920. The van der Waals surface area contributed by atoms with E-state index in [0.717, 1.165) is 12.8 Å². The van der Waals surface area contributed by atoms with Crippen LogP contribution in [0.1, 0.15) is 12.8 Å². The van der Waals surface area contributed by atoms with Crippen molar-refractivity contribution in [3.63, 3.8) is 0 Å². The van der Waals surface area contributed by atoms with E-state index < -0.39 is 8.07 Å². The molecule has 0 bridgehead atoms. The number of methoxy groups -OCH3 is 1. The van der Waals surface area contributed by atoms with E-state index in [4.69, 9.17) is 4.74 Å². The molecule has 4 heteroatoms. The Hall–Kier alpha value is -0.793. The summed E-state index contributed by atoms with van der Waals surface area (Å²) in [4.78, 5) is 11.3.